The minimum Gasteiger partial charge on any atom is -0.493 e. The van der Waals surface area contributed by atoms with Gasteiger partial charge in [0.2, 0.25) is 0 Å². The van der Waals surface area contributed by atoms with E-state index in [1.165, 1.54) is 10.3 Å². The fourth-order valence-corrected chi connectivity index (χ4v) is 5.44. The number of aliphatic hydroxyl groups is 1. The van der Waals surface area contributed by atoms with E-state index in [0.717, 1.165) is 39.1 Å². The van der Waals surface area contributed by atoms with Gasteiger partial charge in [-0.2, -0.15) is 0 Å². The van der Waals surface area contributed by atoms with Gasteiger partial charge in [-0.15, -0.1) is 11.3 Å². The van der Waals surface area contributed by atoms with Crippen LogP contribution in [0.4, 0.5) is 0 Å². The van der Waals surface area contributed by atoms with Crippen molar-refractivity contribution in [1.29, 1.82) is 0 Å². The molecule has 0 amide bonds. The molecule has 1 atom stereocenters. The monoisotopic (exact) mass is 544 g/mol. The number of thiophene rings is 1. The molecule has 0 aliphatic carbocycles. The van der Waals surface area contributed by atoms with Gasteiger partial charge in [0.1, 0.15) is 18.1 Å². The lowest BCUT2D eigenvalue weighted by molar-refractivity contribution is -0.137. The summed E-state index contributed by atoms with van der Waals surface area (Å²) in [6, 6.07) is 20.3. The van der Waals surface area contributed by atoms with E-state index in [2.05, 4.69) is 30.5 Å². The molecule has 6 heteroatoms. The first kappa shape index (κ1) is 28.4. The zero-order chi connectivity index (χ0) is 28.0. The lowest BCUT2D eigenvalue weighted by Crippen LogP contribution is -2.21. The van der Waals surface area contributed by atoms with Crippen LogP contribution in [0.5, 0.6) is 11.5 Å². The van der Waals surface area contributed by atoms with Crippen LogP contribution in [0.1, 0.15) is 56.2 Å². The van der Waals surface area contributed by atoms with Crippen molar-refractivity contribution in [1.82, 2.24) is 0 Å². The number of hydrogen-bond acceptors (Lipinski definition) is 5. The fraction of sp³-hybridized carbons (Fsp3) is 0.303. The summed E-state index contributed by atoms with van der Waals surface area (Å²) in [7, 11) is 0. The third kappa shape index (κ3) is 7.71. The van der Waals surface area contributed by atoms with Crippen molar-refractivity contribution in [2.24, 2.45) is 0 Å². The number of aliphatic carboxylic acids is 1. The summed E-state index contributed by atoms with van der Waals surface area (Å²) >= 11 is 1.71. The van der Waals surface area contributed by atoms with Crippen molar-refractivity contribution < 1.29 is 24.5 Å². The highest BCUT2D eigenvalue weighted by molar-refractivity contribution is 7.17. The Labute approximate surface area is 234 Å². The summed E-state index contributed by atoms with van der Waals surface area (Å²) in [5.41, 5.74) is 4.70. The third-order valence-electron chi connectivity index (χ3n) is 6.65. The third-order valence-corrected chi connectivity index (χ3v) is 7.61. The molecule has 0 radical (unpaired) electrons. The molecule has 3 aromatic carbocycles. The van der Waals surface area contributed by atoms with Gasteiger partial charge in [-0.3, -0.25) is 4.79 Å². The van der Waals surface area contributed by atoms with E-state index in [-0.39, 0.29) is 12.3 Å². The standard InChI is InChI=1S/C33H36O5S/c1-5-6-25(18-32(34)35)24-9-7-23(8-10-24)20-38-27-12-14-31-29(19-27)30(21-39-31)28-13-11-26(17-22(28)2)37-16-15-33(3,4)36/h5-14,17,19,21,25,36H,15-16,18,20H2,1-4H3,(H,34,35). The number of carboxylic acid groups (broad SMARTS) is 1. The molecule has 0 fully saturated rings. The minimum absolute atomic E-state index is 0.0699. The normalized spacial score (nSPS) is 12.6. The minimum atomic E-state index is -0.810. The van der Waals surface area contributed by atoms with Gasteiger partial charge in [-0.25, -0.2) is 0 Å². The van der Waals surface area contributed by atoms with Crippen LogP contribution in [-0.2, 0) is 11.4 Å². The quantitative estimate of drug-likeness (QED) is 0.176. The first-order valence-corrected chi connectivity index (χ1v) is 14.0. The zero-order valence-corrected chi connectivity index (χ0v) is 23.8. The molecule has 0 spiro atoms. The van der Waals surface area contributed by atoms with Crippen LogP contribution in [0, 0.1) is 6.92 Å². The average Bonchev–Trinajstić information content (AvgIpc) is 3.30. The van der Waals surface area contributed by atoms with Crippen molar-refractivity contribution in [3.8, 4) is 22.6 Å². The topological polar surface area (TPSA) is 76.0 Å². The summed E-state index contributed by atoms with van der Waals surface area (Å²) in [5.74, 6) is 0.650. The van der Waals surface area contributed by atoms with Gasteiger partial charge in [0.25, 0.3) is 0 Å². The van der Waals surface area contributed by atoms with Crippen LogP contribution >= 0.6 is 11.3 Å². The number of fused-ring (bicyclic) bond motifs is 1. The largest absolute Gasteiger partial charge is 0.493 e. The molecule has 1 aromatic heterocycles. The summed E-state index contributed by atoms with van der Waals surface area (Å²) in [6.45, 7) is 8.44. The van der Waals surface area contributed by atoms with Crippen LogP contribution in [0.2, 0.25) is 0 Å². The molecule has 0 aliphatic heterocycles. The van der Waals surface area contributed by atoms with Crippen molar-refractivity contribution in [2.75, 3.05) is 6.61 Å². The molecule has 5 nitrogen and oxygen atoms in total. The Hall–Kier alpha value is -3.61. The van der Waals surface area contributed by atoms with E-state index in [1.54, 1.807) is 25.2 Å². The molecule has 0 aliphatic rings. The van der Waals surface area contributed by atoms with Crippen LogP contribution < -0.4 is 9.47 Å². The predicted octanol–water partition coefficient (Wildman–Crippen LogP) is 8.13. The van der Waals surface area contributed by atoms with Crippen LogP contribution in [-0.4, -0.2) is 28.4 Å². The molecular formula is C33H36O5S. The number of allylic oxidation sites excluding steroid dienone is 2. The Kier molecular flexibility index (Phi) is 9.10. The molecule has 0 saturated carbocycles. The second-order valence-electron chi connectivity index (χ2n) is 10.5. The highest BCUT2D eigenvalue weighted by Crippen LogP contribution is 2.38. The highest BCUT2D eigenvalue weighted by Gasteiger charge is 2.15. The lowest BCUT2D eigenvalue weighted by Gasteiger charge is -2.17. The van der Waals surface area contributed by atoms with Gasteiger partial charge in [0, 0.05) is 28.0 Å². The van der Waals surface area contributed by atoms with Gasteiger partial charge in [0.05, 0.1) is 18.6 Å². The van der Waals surface area contributed by atoms with Crippen molar-refractivity contribution in [2.45, 2.75) is 58.7 Å². The van der Waals surface area contributed by atoms with Crippen molar-refractivity contribution in [3.05, 3.63) is 94.9 Å². The maximum absolute atomic E-state index is 11.2. The Bertz CT molecular complexity index is 1440. The number of aryl methyl sites for hydroxylation is 1. The Morgan fingerprint density at radius 2 is 1.72 bits per heavy atom. The van der Waals surface area contributed by atoms with Crippen molar-refractivity contribution in [3.63, 3.8) is 0 Å². The van der Waals surface area contributed by atoms with Gasteiger partial charge < -0.3 is 19.7 Å². The Morgan fingerprint density at radius 1 is 1.00 bits per heavy atom. The summed E-state index contributed by atoms with van der Waals surface area (Å²) in [6.07, 6.45) is 4.45. The first-order valence-electron chi connectivity index (χ1n) is 13.2. The highest BCUT2D eigenvalue weighted by atomic mass is 32.1. The molecule has 4 rings (SSSR count). The SMILES string of the molecule is CC=CC(CC(=O)O)c1ccc(COc2ccc3scc(-c4ccc(OCCC(C)(C)O)cc4C)c3c2)cc1. The van der Waals surface area contributed by atoms with Gasteiger partial charge in [0.15, 0.2) is 0 Å². The molecule has 2 N–H and O–H groups in total. The Morgan fingerprint density at radius 3 is 2.38 bits per heavy atom. The van der Waals surface area contributed by atoms with Crippen LogP contribution in [0.25, 0.3) is 21.2 Å². The molecule has 39 heavy (non-hydrogen) atoms. The summed E-state index contributed by atoms with van der Waals surface area (Å²) < 4.78 is 13.2. The molecule has 204 valence electrons. The molecule has 4 aromatic rings. The van der Waals surface area contributed by atoms with E-state index in [1.807, 2.05) is 61.5 Å². The van der Waals surface area contributed by atoms with Gasteiger partial charge >= 0.3 is 5.97 Å². The molecule has 1 unspecified atom stereocenters. The van der Waals surface area contributed by atoms with E-state index < -0.39 is 11.6 Å². The second kappa shape index (κ2) is 12.5. The number of hydrogen-bond donors (Lipinski definition) is 2. The maximum Gasteiger partial charge on any atom is 0.304 e. The first-order chi connectivity index (χ1) is 18.6. The van der Waals surface area contributed by atoms with Gasteiger partial charge in [-0.1, -0.05) is 42.5 Å². The van der Waals surface area contributed by atoms with Crippen LogP contribution in [0.15, 0.2) is 78.2 Å². The molecule has 1 heterocycles. The summed E-state index contributed by atoms with van der Waals surface area (Å²) in [4.78, 5) is 11.2. The number of carbonyl (C=O) groups is 1. The average molecular weight is 545 g/mol. The van der Waals surface area contributed by atoms with E-state index in [4.69, 9.17) is 9.47 Å². The van der Waals surface area contributed by atoms with E-state index in [9.17, 15) is 15.0 Å². The maximum atomic E-state index is 11.2. The van der Waals surface area contributed by atoms with E-state index in [0.29, 0.717) is 19.6 Å². The van der Waals surface area contributed by atoms with Crippen molar-refractivity contribution >= 4 is 27.4 Å². The zero-order valence-electron chi connectivity index (χ0n) is 22.9. The molecular weight excluding hydrogens is 508 g/mol. The van der Waals surface area contributed by atoms with E-state index >= 15 is 0 Å². The molecule has 0 saturated heterocycles. The number of carboxylic acids is 1. The number of ether oxygens (including phenoxy) is 2. The Balaban J connectivity index is 1.46. The number of rotatable bonds is 12. The fourth-order valence-electron chi connectivity index (χ4n) is 4.50. The lowest BCUT2D eigenvalue weighted by atomic mass is 9.94. The number of benzene rings is 3. The second-order valence-corrected chi connectivity index (χ2v) is 11.4. The van der Waals surface area contributed by atoms with Crippen LogP contribution in [0.3, 0.4) is 0 Å². The summed E-state index contributed by atoms with van der Waals surface area (Å²) in [5, 5.41) is 22.4. The predicted molar refractivity (Wildman–Crippen MR) is 159 cm³/mol. The van der Waals surface area contributed by atoms with Gasteiger partial charge in [-0.05, 0) is 85.7 Å². The molecule has 0 bridgehead atoms. The smallest absolute Gasteiger partial charge is 0.304 e.